The van der Waals surface area contributed by atoms with Crippen molar-refractivity contribution >= 4 is 17.5 Å². The second kappa shape index (κ2) is 4.84. The van der Waals surface area contributed by atoms with Crippen molar-refractivity contribution in [2.45, 2.75) is 0 Å². The van der Waals surface area contributed by atoms with Gasteiger partial charge in [-0.05, 0) is 17.7 Å². The maximum Gasteiger partial charge on any atom is 0.293 e. The summed E-state index contributed by atoms with van der Waals surface area (Å²) in [4.78, 5) is 22.5. The highest BCUT2D eigenvalue weighted by atomic mass is 16.2. The Morgan fingerprint density at radius 1 is 1.25 bits per heavy atom. The van der Waals surface area contributed by atoms with Crippen LogP contribution in [-0.4, -0.2) is 31.1 Å². The number of rotatable bonds is 3. The van der Waals surface area contributed by atoms with E-state index in [4.69, 9.17) is 5.73 Å². The van der Waals surface area contributed by atoms with E-state index in [-0.39, 0.29) is 11.8 Å². The molecular weight excluding hydrogens is 258 g/mol. The average molecular weight is 269 g/mol. The van der Waals surface area contributed by atoms with Gasteiger partial charge in [-0.1, -0.05) is 12.1 Å². The summed E-state index contributed by atoms with van der Waals surface area (Å²) in [5.74, 6) is -0.298. The molecule has 0 radical (unpaired) electrons. The minimum atomic E-state index is -0.400. The fourth-order valence-corrected chi connectivity index (χ4v) is 1.71. The van der Waals surface area contributed by atoms with E-state index >= 15 is 0 Å². The number of aromatic amines is 2. The normalized spacial score (nSPS) is 10.4. The minimum absolute atomic E-state index is 0.0322. The lowest BCUT2D eigenvalue weighted by molar-refractivity contribution is 0.101. The van der Waals surface area contributed by atoms with Crippen LogP contribution >= 0.6 is 0 Å². The third-order valence-electron chi connectivity index (χ3n) is 2.67. The van der Waals surface area contributed by atoms with E-state index in [1.165, 1.54) is 0 Å². The molecule has 3 aromatic rings. The van der Waals surface area contributed by atoms with Gasteiger partial charge < -0.3 is 16.0 Å². The summed E-state index contributed by atoms with van der Waals surface area (Å²) >= 11 is 0. The lowest BCUT2D eigenvalue weighted by Crippen LogP contribution is -2.13. The van der Waals surface area contributed by atoms with Crippen molar-refractivity contribution in [1.82, 2.24) is 25.1 Å². The molecule has 20 heavy (non-hydrogen) atoms. The molecule has 8 nitrogen and oxygen atoms in total. The third-order valence-corrected chi connectivity index (χ3v) is 2.67. The zero-order valence-electron chi connectivity index (χ0n) is 10.3. The van der Waals surface area contributed by atoms with Gasteiger partial charge in [0.25, 0.3) is 5.91 Å². The Hall–Kier alpha value is -3.16. The molecule has 5 N–H and O–H groups in total. The molecule has 2 aromatic heterocycles. The Labute approximate surface area is 113 Å². The molecule has 100 valence electrons. The van der Waals surface area contributed by atoms with Crippen LogP contribution in [-0.2, 0) is 0 Å². The quantitative estimate of drug-likeness (QED) is 0.565. The monoisotopic (exact) mass is 269 g/mol. The Bertz CT molecular complexity index is 715. The minimum Gasteiger partial charge on any atom is -0.366 e. The summed E-state index contributed by atoms with van der Waals surface area (Å²) in [6.45, 7) is 0. The van der Waals surface area contributed by atoms with Crippen molar-refractivity contribution < 1.29 is 4.79 Å². The van der Waals surface area contributed by atoms with Crippen LogP contribution in [0.5, 0.6) is 0 Å². The van der Waals surface area contributed by atoms with E-state index < -0.39 is 5.91 Å². The molecule has 0 saturated heterocycles. The lowest BCUT2D eigenvalue weighted by atomic mass is 10.1. The number of nitrogens with one attached hydrogen (secondary N) is 3. The van der Waals surface area contributed by atoms with Crippen molar-refractivity contribution in [2.24, 2.45) is 0 Å². The molecule has 0 bridgehead atoms. The van der Waals surface area contributed by atoms with E-state index in [9.17, 15) is 4.79 Å². The van der Waals surface area contributed by atoms with Crippen LogP contribution in [0.4, 0.5) is 11.6 Å². The molecule has 1 amide bonds. The molecular formula is C12H11N7O. The van der Waals surface area contributed by atoms with Crippen LogP contribution in [0.2, 0.25) is 0 Å². The maximum absolute atomic E-state index is 11.8. The first kappa shape index (κ1) is 11.9. The highest BCUT2D eigenvalue weighted by molar-refractivity contribution is 6.01. The molecule has 8 heteroatoms. The van der Waals surface area contributed by atoms with Crippen LogP contribution in [0.15, 0.2) is 36.8 Å². The first-order chi connectivity index (χ1) is 9.72. The number of nitrogens with two attached hydrogens (primary N) is 1. The van der Waals surface area contributed by atoms with Crippen LogP contribution in [0.1, 0.15) is 10.6 Å². The fraction of sp³-hybridized carbons (Fsp3) is 0. The fourth-order valence-electron chi connectivity index (χ4n) is 1.71. The van der Waals surface area contributed by atoms with Crippen LogP contribution < -0.4 is 11.1 Å². The van der Waals surface area contributed by atoms with E-state index in [2.05, 4.69) is 30.5 Å². The number of hydrogen-bond donors (Lipinski definition) is 4. The van der Waals surface area contributed by atoms with Crippen molar-refractivity contribution in [3.8, 4) is 11.3 Å². The number of aromatic nitrogens is 5. The summed E-state index contributed by atoms with van der Waals surface area (Å²) < 4.78 is 0. The number of imidazole rings is 1. The first-order valence-electron chi connectivity index (χ1n) is 5.80. The van der Waals surface area contributed by atoms with Gasteiger partial charge in [-0.25, -0.2) is 4.98 Å². The van der Waals surface area contributed by atoms with Gasteiger partial charge in [0.1, 0.15) is 0 Å². The van der Waals surface area contributed by atoms with Crippen molar-refractivity contribution in [2.75, 3.05) is 11.1 Å². The van der Waals surface area contributed by atoms with Gasteiger partial charge >= 0.3 is 0 Å². The van der Waals surface area contributed by atoms with Gasteiger partial charge in [-0.2, -0.15) is 4.98 Å². The summed E-state index contributed by atoms with van der Waals surface area (Å²) in [7, 11) is 0. The SMILES string of the molecule is Nc1n[nH]c(C(=O)Nc2ccc(-c3cnc[nH]3)cc2)n1. The number of anilines is 2. The summed E-state index contributed by atoms with van der Waals surface area (Å²) in [5.41, 5.74) is 7.87. The van der Waals surface area contributed by atoms with Crippen molar-refractivity contribution in [1.29, 1.82) is 0 Å². The van der Waals surface area contributed by atoms with Gasteiger partial charge in [0.15, 0.2) is 0 Å². The van der Waals surface area contributed by atoms with Crippen molar-refractivity contribution in [3.05, 3.63) is 42.6 Å². The predicted molar refractivity (Wildman–Crippen MR) is 72.8 cm³/mol. The Morgan fingerprint density at radius 2 is 2.05 bits per heavy atom. The zero-order valence-corrected chi connectivity index (χ0v) is 10.3. The number of carbonyl (C=O) groups is 1. The van der Waals surface area contributed by atoms with Gasteiger partial charge in [0.2, 0.25) is 11.8 Å². The molecule has 0 aliphatic heterocycles. The molecule has 0 atom stereocenters. The zero-order chi connectivity index (χ0) is 13.9. The standard InChI is InChI=1S/C12H11N7O/c13-12-17-10(18-19-12)11(20)16-8-3-1-7(2-4-8)9-5-14-6-15-9/h1-6H,(H,14,15)(H,16,20)(H3,13,17,18,19). The smallest absolute Gasteiger partial charge is 0.293 e. The Morgan fingerprint density at radius 3 is 2.65 bits per heavy atom. The Balaban J connectivity index is 1.74. The molecule has 3 rings (SSSR count). The number of carbonyl (C=O) groups excluding carboxylic acids is 1. The maximum atomic E-state index is 11.8. The van der Waals surface area contributed by atoms with Gasteiger partial charge in [0.05, 0.1) is 18.2 Å². The summed E-state index contributed by atoms with van der Waals surface area (Å²) in [6.07, 6.45) is 3.34. The molecule has 0 unspecified atom stereocenters. The van der Waals surface area contributed by atoms with E-state index in [1.54, 1.807) is 24.7 Å². The van der Waals surface area contributed by atoms with E-state index in [0.717, 1.165) is 11.3 Å². The highest BCUT2D eigenvalue weighted by Gasteiger charge is 2.10. The molecule has 0 spiro atoms. The number of benzene rings is 1. The first-order valence-corrected chi connectivity index (χ1v) is 5.80. The average Bonchev–Trinajstić information content (AvgIpc) is 3.10. The lowest BCUT2D eigenvalue weighted by Gasteiger charge is -2.04. The van der Waals surface area contributed by atoms with Gasteiger partial charge in [-0.15, -0.1) is 5.10 Å². The molecule has 0 aliphatic carbocycles. The molecule has 2 heterocycles. The van der Waals surface area contributed by atoms with E-state index in [0.29, 0.717) is 5.69 Å². The second-order valence-corrected chi connectivity index (χ2v) is 4.04. The van der Waals surface area contributed by atoms with Crippen LogP contribution in [0.3, 0.4) is 0 Å². The largest absolute Gasteiger partial charge is 0.366 e. The van der Waals surface area contributed by atoms with Crippen molar-refractivity contribution in [3.63, 3.8) is 0 Å². The topological polar surface area (TPSA) is 125 Å². The van der Waals surface area contributed by atoms with E-state index in [1.807, 2.05) is 12.1 Å². The highest BCUT2D eigenvalue weighted by Crippen LogP contribution is 2.18. The number of nitrogens with zero attached hydrogens (tertiary/aromatic N) is 3. The number of hydrogen-bond acceptors (Lipinski definition) is 5. The van der Waals surface area contributed by atoms with Crippen LogP contribution in [0, 0.1) is 0 Å². The molecule has 1 aromatic carbocycles. The summed E-state index contributed by atoms with van der Waals surface area (Å²) in [6, 6.07) is 7.32. The van der Waals surface area contributed by atoms with Gasteiger partial charge in [-0.3, -0.25) is 9.89 Å². The third kappa shape index (κ3) is 2.34. The predicted octanol–water partition coefficient (Wildman–Crippen LogP) is 1.03. The Kier molecular flexibility index (Phi) is 2.88. The van der Waals surface area contributed by atoms with Gasteiger partial charge in [0, 0.05) is 5.69 Å². The second-order valence-electron chi connectivity index (χ2n) is 4.04. The number of H-pyrrole nitrogens is 2. The number of amides is 1. The van der Waals surface area contributed by atoms with Crippen LogP contribution in [0.25, 0.3) is 11.3 Å². The molecule has 0 fully saturated rings. The summed E-state index contributed by atoms with van der Waals surface area (Å²) in [5, 5.41) is 8.73. The molecule has 0 saturated carbocycles. The number of nitrogen functional groups attached to an aromatic ring is 1. The molecule has 0 aliphatic rings.